The summed E-state index contributed by atoms with van der Waals surface area (Å²) in [6.07, 6.45) is 5.32. The molecule has 26 heavy (non-hydrogen) atoms. The van der Waals surface area contributed by atoms with Crippen molar-refractivity contribution in [3.8, 4) is 0 Å². The van der Waals surface area contributed by atoms with Crippen LogP contribution in [0.5, 0.6) is 0 Å². The number of nitrogens with zero attached hydrogens (tertiary/aromatic N) is 1. The fraction of sp³-hybridized carbons (Fsp3) is 0.632. The van der Waals surface area contributed by atoms with E-state index in [4.69, 9.17) is 0 Å². The van der Waals surface area contributed by atoms with E-state index in [1.165, 1.54) is 18.5 Å². The topological polar surface area (TPSA) is 44.4 Å². The van der Waals surface area contributed by atoms with E-state index < -0.39 is 0 Å². The highest BCUT2D eigenvalue weighted by atomic mass is 79.9. The molecule has 1 aromatic rings. The number of anilines is 1. The minimum Gasteiger partial charge on any atom is -0.371 e. The Morgan fingerprint density at radius 2 is 1.96 bits per heavy atom. The van der Waals surface area contributed by atoms with Gasteiger partial charge >= 0.3 is 0 Å². The Bertz CT molecular complexity index is 555. The summed E-state index contributed by atoms with van der Waals surface area (Å²) in [7, 11) is 0. The van der Waals surface area contributed by atoms with Gasteiger partial charge in [-0.3, -0.25) is 4.79 Å². The Labute approximate surface area is 177 Å². The van der Waals surface area contributed by atoms with Crippen LogP contribution in [-0.2, 0) is 4.79 Å². The summed E-state index contributed by atoms with van der Waals surface area (Å²) < 4.78 is 1.12. The second-order valence-electron chi connectivity index (χ2n) is 7.12. The van der Waals surface area contributed by atoms with Crippen molar-refractivity contribution >= 4 is 52.3 Å². The van der Waals surface area contributed by atoms with Crippen LogP contribution in [0.3, 0.4) is 0 Å². The minimum atomic E-state index is 0. The highest BCUT2D eigenvalue weighted by Gasteiger charge is 2.23. The van der Waals surface area contributed by atoms with Gasteiger partial charge in [0.15, 0.2) is 0 Å². The van der Waals surface area contributed by atoms with Crippen LogP contribution < -0.4 is 15.5 Å². The molecule has 2 aliphatic rings. The lowest BCUT2D eigenvalue weighted by molar-refractivity contribution is -0.121. The highest BCUT2D eigenvalue weighted by Crippen LogP contribution is 2.26. The van der Waals surface area contributed by atoms with E-state index in [1.54, 1.807) is 0 Å². The van der Waals surface area contributed by atoms with Crippen LogP contribution >= 0.6 is 40.7 Å². The molecule has 0 spiro atoms. The number of nitrogens with one attached hydrogen (secondary N) is 2. The third kappa shape index (κ3) is 7.26. The Balaban J connectivity index is 0.00000169. The summed E-state index contributed by atoms with van der Waals surface area (Å²) in [5.41, 5.74) is 1.27. The van der Waals surface area contributed by atoms with E-state index in [9.17, 15) is 4.79 Å². The molecule has 1 unspecified atom stereocenters. The number of carbonyl (C=O) groups is 1. The zero-order valence-corrected chi connectivity index (χ0v) is 18.3. The lowest BCUT2D eigenvalue weighted by Gasteiger charge is -2.22. The molecule has 2 aliphatic heterocycles. The quantitative estimate of drug-likeness (QED) is 0.665. The number of hydrogen-bond donors (Lipinski definition) is 2. The third-order valence-electron chi connectivity index (χ3n) is 5.29. The number of piperidine rings is 1. The Morgan fingerprint density at radius 3 is 2.69 bits per heavy atom. The molecular formula is C19H30BrCl2N3O. The minimum absolute atomic E-state index is 0. The van der Waals surface area contributed by atoms with Crippen molar-refractivity contribution in [2.45, 2.75) is 32.1 Å². The van der Waals surface area contributed by atoms with Crippen LogP contribution in [0.1, 0.15) is 32.1 Å². The predicted molar refractivity (Wildman–Crippen MR) is 117 cm³/mol. The van der Waals surface area contributed by atoms with Crippen molar-refractivity contribution in [3.63, 3.8) is 0 Å². The molecule has 0 bridgehead atoms. The summed E-state index contributed by atoms with van der Waals surface area (Å²) in [5, 5.41) is 6.53. The van der Waals surface area contributed by atoms with Gasteiger partial charge in [0, 0.05) is 36.2 Å². The Kier molecular flexibility index (Phi) is 10.9. The number of hydrogen-bond acceptors (Lipinski definition) is 3. The lowest BCUT2D eigenvalue weighted by atomic mass is 9.93. The smallest absolute Gasteiger partial charge is 0.220 e. The number of rotatable bonds is 6. The van der Waals surface area contributed by atoms with Crippen molar-refractivity contribution in [2.24, 2.45) is 11.8 Å². The summed E-state index contributed by atoms with van der Waals surface area (Å²) in [5.74, 6) is 1.52. The van der Waals surface area contributed by atoms with E-state index >= 15 is 0 Å². The fourth-order valence-electron chi connectivity index (χ4n) is 3.76. The van der Waals surface area contributed by atoms with Crippen LogP contribution in [0, 0.1) is 11.8 Å². The number of amides is 1. The fourth-order valence-corrected chi connectivity index (χ4v) is 4.15. The normalized spacial score (nSPS) is 20.2. The summed E-state index contributed by atoms with van der Waals surface area (Å²) in [6.45, 7) is 5.15. The number of carbonyl (C=O) groups excluding carboxylic acids is 1. The highest BCUT2D eigenvalue weighted by molar-refractivity contribution is 9.10. The van der Waals surface area contributed by atoms with Gasteiger partial charge in [-0.2, -0.15) is 0 Å². The maximum absolute atomic E-state index is 12.1. The Hall–Kier alpha value is -0.490. The van der Waals surface area contributed by atoms with E-state index in [0.29, 0.717) is 12.3 Å². The largest absolute Gasteiger partial charge is 0.371 e. The molecule has 7 heteroatoms. The first kappa shape index (κ1) is 23.5. The van der Waals surface area contributed by atoms with Crippen LogP contribution in [0.25, 0.3) is 0 Å². The standard InChI is InChI=1S/C19H28BrN3O.2ClH/c20-17-2-1-3-18(12-17)23-11-8-16(14-23)13-22-19(24)5-4-15-6-9-21-10-7-15;;/h1-3,12,15-16,21H,4-11,13-14H2,(H,22,24);2*1H. The summed E-state index contributed by atoms with van der Waals surface area (Å²) in [4.78, 5) is 14.5. The first-order valence-electron chi connectivity index (χ1n) is 9.18. The molecule has 1 atom stereocenters. The molecule has 0 radical (unpaired) electrons. The first-order chi connectivity index (χ1) is 11.7. The molecule has 0 saturated carbocycles. The average Bonchev–Trinajstić information content (AvgIpc) is 3.08. The van der Waals surface area contributed by atoms with E-state index in [1.807, 2.05) is 0 Å². The molecule has 4 nitrogen and oxygen atoms in total. The second-order valence-corrected chi connectivity index (χ2v) is 8.03. The van der Waals surface area contributed by atoms with E-state index in [0.717, 1.165) is 56.0 Å². The van der Waals surface area contributed by atoms with Gasteiger partial charge in [0.25, 0.3) is 0 Å². The van der Waals surface area contributed by atoms with Crippen molar-refractivity contribution in [2.75, 3.05) is 37.6 Å². The zero-order valence-electron chi connectivity index (χ0n) is 15.1. The van der Waals surface area contributed by atoms with E-state index in [2.05, 4.69) is 55.7 Å². The predicted octanol–water partition coefficient (Wildman–Crippen LogP) is 4.02. The molecule has 2 fully saturated rings. The van der Waals surface area contributed by atoms with Gasteiger partial charge < -0.3 is 15.5 Å². The summed E-state index contributed by atoms with van der Waals surface area (Å²) in [6, 6.07) is 8.46. The van der Waals surface area contributed by atoms with Gasteiger partial charge in [0.05, 0.1) is 0 Å². The maximum Gasteiger partial charge on any atom is 0.220 e. The SMILES string of the molecule is Cl.Cl.O=C(CCC1CCNCC1)NCC1CCN(c2cccc(Br)c2)C1. The molecule has 2 saturated heterocycles. The molecular weight excluding hydrogens is 437 g/mol. The van der Waals surface area contributed by atoms with Gasteiger partial charge in [-0.1, -0.05) is 22.0 Å². The second kappa shape index (κ2) is 12.1. The lowest BCUT2D eigenvalue weighted by Crippen LogP contribution is -2.32. The molecule has 0 aliphatic carbocycles. The van der Waals surface area contributed by atoms with Crippen LogP contribution in [0.4, 0.5) is 5.69 Å². The molecule has 2 heterocycles. The van der Waals surface area contributed by atoms with E-state index in [-0.39, 0.29) is 30.7 Å². The first-order valence-corrected chi connectivity index (χ1v) is 9.98. The van der Waals surface area contributed by atoms with Crippen LogP contribution in [0.2, 0.25) is 0 Å². The molecule has 148 valence electrons. The zero-order chi connectivity index (χ0) is 16.8. The Morgan fingerprint density at radius 1 is 1.19 bits per heavy atom. The van der Waals surface area contributed by atoms with Crippen molar-refractivity contribution in [1.82, 2.24) is 10.6 Å². The van der Waals surface area contributed by atoms with Crippen molar-refractivity contribution < 1.29 is 4.79 Å². The van der Waals surface area contributed by atoms with Gasteiger partial charge in [0.2, 0.25) is 5.91 Å². The number of benzene rings is 1. The van der Waals surface area contributed by atoms with Gasteiger partial charge in [-0.15, -0.1) is 24.8 Å². The van der Waals surface area contributed by atoms with Gasteiger partial charge in [-0.05, 0) is 68.8 Å². The average molecular weight is 467 g/mol. The summed E-state index contributed by atoms with van der Waals surface area (Å²) >= 11 is 3.54. The molecule has 3 rings (SSSR count). The number of halogens is 3. The van der Waals surface area contributed by atoms with Gasteiger partial charge in [-0.25, -0.2) is 0 Å². The van der Waals surface area contributed by atoms with Gasteiger partial charge in [0.1, 0.15) is 0 Å². The molecule has 1 amide bonds. The molecule has 0 aromatic heterocycles. The molecule has 2 N–H and O–H groups in total. The van der Waals surface area contributed by atoms with Crippen LogP contribution in [-0.4, -0.2) is 38.6 Å². The monoisotopic (exact) mass is 465 g/mol. The maximum atomic E-state index is 12.1. The van der Waals surface area contributed by atoms with Crippen molar-refractivity contribution in [3.05, 3.63) is 28.7 Å². The third-order valence-corrected chi connectivity index (χ3v) is 5.78. The van der Waals surface area contributed by atoms with Crippen molar-refractivity contribution in [1.29, 1.82) is 0 Å². The van der Waals surface area contributed by atoms with Crippen LogP contribution in [0.15, 0.2) is 28.7 Å². The molecule has 1 aromatic carbocycles.